The summed E-state index contributed by atoms with van der Waals surface area (Å²) in [7, 11) is 4.53. The van der Waals surface area contributed by atoms with Crippen LogP contribution in [0.1, 0.15) is 60.7 Å². The molecule has 36 heavy (non-hydrogen) atoms. The molecular formula is C26H38N2O8. The molecule has 0 saturated carbocycles. The lowest BCUT2D eigenvalue weighted by atomic mass is 10.0. The van der Waals surface area contributed by atoms with Gasteiger partial charge < -0.3 is 33.5 Å². The lowest BCUT2D eigenvalue weighted by Crippen LogP contribution is -2.49. The van der Waals surface area contributed by atoms with E-state index in [1.807, 2.05) is 27.8 Å². The van der Waals surface area contributed by atoms with E-state index in [4.69, 9.17) is 23.7 Å². The van der Waals surface area contributed by atoms with E-state index in [0.29, 0.717) is 31.8 Å². The van der Waals surface area contributed by atoms with Crippen LogP contribution < -0.4 is 4.74 Å². The Morgan fingerprint density at radius 3 is 2.11 bits per heavy atom. The molecule has 0 aromatic heterocycles. The van der Waals surface area contributed by atoms with Gasteiger partial charge in [0.1, 0.15) is 17.5 Å². The van der Waals surface area contributed by atoms with Crippen LogP contribution in [-0.2, 0) is 18.9 Å². The van der Waals surface area contributed by atoms with Crippen LogP contribution in [0.2, 0.25) is 0 Å². The van der Waals surface area contributed by atoms with E-state index >= 15 is 0 Å². The van der Waals surface area contributed by atoms with Crippen molar-refractivity contribution in [1.82, 2.24) is 9.80 Å². The van der Waals surface area contributed by atoms with Crippen LogP contribution in [-0.4, -0.2) is 99.2 Å². The van der Waals surface area contributed by atoms with E-state index in [1.54, 1.807) is 11.0 Å². The number of likely N-dealkylation sites (N-methyl/N-ethyl adjacent to an activating group) is 1. The van der Waals surface area contributed by atoms with Gasteiger partial charge in [0.25, 0.3) is 0 Å². The third-order valence-electron chi connectivity index (χ3n) is 6.14. The van der Waals surface area contributed by atoms with E-state index in [9.17, 15) is 14.4 Å². The fourth-order valence-electron chi connectivity index (χ4n) is 4.53. The topological polar surface area (TPSA) is 104 Å². The van der Waals surface area contributed by atoms with Gasteiger partial charge in [0, 0.05) is 32.6 Å². The van der Waals surface area contributed by atoms with Gasteiger partial charge in [-0.3, -0.25) is 0 Å². The second-order valence-electron chi connectivity index (χ2n) is 10.3. The number of benzene rings is 1. The number of carbonyl (C=O) groups excluding carboxylic acids is 3. The van der Waals surface area contributed by atoms with E-state index < -0.39 is 17.5 Å². The van der Waals surface area contributed by atoms with Crippen LogP contribution in [0.3, 0.4) is 0 Å². The van der Waals surface area contributed by atoms with Crippen molar-refractivity contribution < 1.29 is 38.1 Å². The Morgan fingerprint density at radius 2 is 1.50 bits per heavy atom. The normalized spacial score (nSPS) is 21.6. The number of piperidine rings is 2. The van der Waals surface area contributed by atoms with E-state index in [0.717, 1.165) is 19.4 Å². The predicted octanol–water partition coefficient (Wildman–Crippen LogP) is 3.13. The minimum atomic E-state index is -0.638. The summed E-state index contributed by atoms with van der Waals surface area (Å²) in [6.07, 6.45) is 1.78. The van der Waals surface area contributed by atoms with Crippen molar-refractivity contribution in [1.29, 1.82) is 0 Å². The van der Waals surface area contributed by atoms with E-state index in [-0.39, 0.29) is 35.5 Å². The van der Waals surface area contributed by atoms with Crippen LogP contribution in [0, 0.1) is 0 Å². The van der Waals surface area contributed by atoms with Crippen LogP contribution in [0.5, 0.6) is 5.75 Å². The molecule has 1 amide bonds. The molecule has 2 atom stereocenters. The van der Waals surface area contributed by atoms with E-state index in [2.05, 4.69) is 4.90 Å². The molecule has 1 aromatic carbocycles. The van der Waals surface area contributed by atoms with Crippen molar-refractivity contribution in [2.75, 3.05) is 47.4 Å². The molecule has 3 rings (SSSR count). The van der Waals surface area contributed by atoms with Crippen molar-refractivity contribution in [2.24, 2.45) is 0 Å². The van der Waals surface area contributed by atoms with Crippen molar-refractivity contribution >= 4 is 18.0 Å². The quantitative estimate of drug-likeness (QED) is 0.425. The molecule has 2 fully saturated rings. The Balaban J connectivity index is 1.58. The standard InChI is InChI=1S/C26H38N2O8/c1-26(2,3)36-25(31)28-11-9-17(10-12-28)34-19-13-20(16-27(4)15-19)35-18-7-8-21(23(29)32-5)22(14-18)24(30)33-6/h7-8,14,17,19-20H,9-13,15-16H2,1-6H3/t19-,20-/m1/s1. The third-order valence-corrected chi connectivity index (χ3v) is 6.14. The number of hydrogen-bond donors (Lipinski definition) is 0. The first kappa shape index (κ1) is 27.7. The summed E-state index contributed by atoms with van der Waals surface area (Å²) >= 11 is 0. The van der Waals surface area contributed by atoms with Crippen LogP contribution in [0.15, 0.2) is 18.2 Å². The number of nitrogens with zero attached hydrogens (tertiary/aromatic N) is 2. The molecule has 2 heterocycles. The van der Waals surface area contributed by atoms with Gasteiger partial charge in [0.15, 0.2) is 0 Å². The first-order valence-corrected chi connectivity index (χ1v) is 12.3. The Labute approximate surface area is 212 Å². The highest BCUT2D eigenvalue weighted by Crippen LogP contribution is 2.26. The second kappa shape index (κ2) is 11.9. The van der Waals surface area contributed by atoms with Crippen molar-refractivity contribution in [3.05, 3.63) is 29.3 Å². The molecule has 2 aliphatic heterocycles. The number of methoxy groups -OCH3 is 2. The number of amides is 1. The van der Waals surface area contributed by atoms with Crippen molar-refractivity contribution in [3.63, 3.8) is 0 Å². The number of ether oxygens (including phenoxy) is 5. The molecule has 2 saturated heterocycles. The second-order valence-corrected chi connectivity index (χ2v) is 10.3. The Morgan fingerprint density at radius 1 is 0.889 bits per heavy atom. The minimum absolute atomic E-state index is 0.0266. The summed E-state index contributed by atoms with van der Waals surface area (Å²) in [4.78, 5) is 40.4. The van der Waals surface area contributed by atoms with Gasteiger partial charge in [-0.1, -0.05) is 0 Å². The number of esters is 2. The first-order chi connectivity index (χ1) is 17.0. The van der Waals surface area contributed by atoms with Crippen LogP contribution in [0.25, 0.3) is 0 Å². The van der Waals surface area contributed by atoms with Gasteiger partial charge in [0.05, 0.1) is 37.6 Å². The molecule has 0 aliphatic carbocycles. The molecule has 0 radical (unpaired) electrons. The van der Waals surface area contributed by atoms with Crippen molar-refractivity contribution in [3.8, 4) is 5.75 Å². The highest BCUT2D eigenvalue weighted by atomic mass is 16.6. The highest BCUT2D eigenvalue weighted by molar-refractivity contribution is 6.03. The lowest BCUT2D eigenvalue weighted by molar-refractivity contribution is -0.0863. The maximum absolute atomic E-state index is 12.3. The fraction of sp³-hybridized carbons (Fsp3) is 0.654. The number of hydrogen-bond acceptors (Lipinski definition) is 9. The summed E-state index contributed by atoms with van der Waals surface area (Å²) in [6.45, 7) is 8.27. The average Bonchev–Trinajstić information content (AvgIpc) is 2.82. The van der Waals surface area contributed by atoms with Gasteiger partial charge in [-0.2, -0.15) is 0 Å². The van der Waals surface area contributed by atoms with Crippen LogP contribution >= 0.6 is 0 Å². The molecular weight excluding hydrogens is 468 g/mol. The fourth-order valence-corrected chi connectivity index (χ4v) is 4.53. The predicted molar refractivity (Wildman–Crippen MR) is 131 cm³/mol. The van der Waals surface area contributed by atoms with Gasteiger partial charge in [-0.05, 0) is 58.9 Å². The number of rotatable bonds is 6. The number of likely N-dealkylation sites (tertiary alicyclic amines) is 2. The lowest BCUT2D eigenvalue weighted by Gasteiger charge is -2.39. The molecule has 10 nitrogen and oxygen atoms in total. The Hall–Kier alpha value is -2.85. The molecule has 200 valence electrons. The number of carbonyl (C=O) groups is 3. The summed E-state index contributed by atoms with van der Waals surface area (Å²) in [5, 5.41) is 0. The molecule has 0 spiro atoms. The SMILES string of the molecule is COC(=O)c1ccc(O[C@@H]2C[C@@H](OC3CCN(C(=O)OC(C)(C)C)CC3)CN(C)C2)cc1C(=O)OC. The molecule has 0 bridgehead atoms. The van der Waals surface area contributed by atoms with E-state index in [1.165, 1.54) is 26.4 Å². The summed E-state index contributed by atoms with van der Waals surface area (Å²) in [5.41, 5.74) is -0.296. The summed E-state index contributed by atoms with van der Waals surface area (Å²) in [5.74, 6) is -0.793. The molecule has 2 aliphatic rings. The molecule has 1 aromatic rings. The maximum Gasteiger partial charge on any atom is 0.410 e. The summed E-state index contributed by atoms with van der Waals surface area (Å²) in [6, 6.07) is 4.66. The minimum Gasteiger partial charge on any atom is -0.489 e. The van der Waals surface area contributed by atoms with Gasteiger partial charge in [-0.25, -0.2) is 14.4 Å². The maximum atomic E-state index is 12.3. The van der Waals surface area contributed by atoms with Crippen molar-refractivity contribution in [2.45, 2.75) is 63.9 Å². The third kappa shape index (κ3) is 7.57. The zero-order chi connectivity index (χ0) is 26.5. The zero-order valence-electron chi connectivity index (χ0n) is 22.1. The first-order valence-electron chi connectivity index (χ1n) is 12.3. The zero-order valence-corrected chi connectivity index (χ0v) is 22.1. The largest absolute Gasteiger partial charge is 0.489 e. The Bertz CT molecular complexity index is 936. The molecule has 0 unspecified atom stereocenters. The monoisotopic (exact) mass is 506 g/mol. The summed E-state index contributed by atoms with van der Waals surface area (Å²) < 4.78 is 27.7. The van der Waals surface area contributed by atoms with Gasteiger partial charge in [0.2, 0.25) is 0 Å². The Kier molecular flexibility index (Phi) is 9.19. The molecule has 10 heteroatoms. The van der Waals surface area contributed by atoms with Gasteiger partial charge >= 0.3 is 18.0 Å². The average molecular weight is 507 g/mol. The van der Waals surface area contributed by atoms with Gasteiger partial charge in [-0.15, -0.1) is 0 Å². The van der Waals surface area contributed by atoms with Crippen LogP contribution in [0.4, 0.5) is 4.79 Å². The molecule has 0 N–H and O–H groups in total. The highest BCUT2D eigenvalue weighted by Gasteiger charge is 2.32. The smallest absolute Gasteiger partial charge is 0.410 e.